The average Bonchev–Trinajstić information content (AvgIpc) is 2.80. The van der Waals surface area contributed by atoms with Crippen molar-refractivity contribution >= 4 is 28.5 Å². The highest BCUT2D eigenvalue weighted by Gasteiger charge is 2.34. The molecule has 130 valence electrons. The van der Waals surface area contributed by atoms with Gasteiger partial charge >= 0.3 is 6.09 Å². The summed E-state index contributed by atoms with van der Waals surface area (Å²) in [4.78, 5) is 25.8. The molecule has 0 unspecified atom stereocenters. The molecule has 1 fully saturated rings. The van der Waals surface area contributed by atoms with E-state index in [0.717, 1.165) is 41.5 Å². The topological polar surface area (TPSA) is 58.6 Å². The zero-order valence-corrected chi connectivity index (χ0v) is 14.8. The van der Waals surface area contributed by atoms with Crippen LogP contribution in [0.3, 0.4) is 0 Å². The van der Waals surface area contributed by atoms with Gasteiger partial charge in [0.15, 0.2) is 0 Å². The predicted octanol–water partition coefficient (Wildman–Crippen LogP) is 3.81. The Morgan fingerprint density at radius 3 is 2.72 bits per heavy atom. The summed E-state index contributed by atoms with van der Waals surface area (Å²) in [7, 11) is 0. The molecule has 0 bridgehead atoms. The number of hydrogen-bond donors (Lipinski definition) is 1. The van der Waals surface area contributed by atoms with Crippen molar-refractivity contribution in [2.45, 2.75) is 32.8 Å². The second kappa shape index (κ2) is 5.48. The third-order valence-corrected chi connectivity index (χ3v) is 4.74. The van der Waals surface area contributed by atoms with Crippen LogP contribution < -0.4 is 5.32 Å². The van der Waals surface area contributed by atoms with E-state index in [1.807, 2.05) is 45.0 Å². The van der Waals surface area contributed by atoms with Gasteiger partial charge in [0.2, 0.25) is 0 Å². The van der Waals surface area contributed by atoms with Gasteiger partial charge in [-0.3, -0.25) is 4.79 Å². The predicted molar refractivity (Wildman–Crippen MR) is 96.9 cm³/mol. The summed E-state index contributed by atoms with van der Waals surface area (Å²) in [6, 6.07) is 9.94. The van der Waals surface area contributed by atoms with Crippen molar-refractivity contribution in [1.29, 1.82) is 0 Å². The first-order chi connectivity index (χ1) is 11.8. The van der Waals surface area contributed by atoms with Crippen molar-refractivity contribution in [3.8, 4) is 0 Å². The maximum atomic E-state index is 12.0. The summed E-state index contributed by atoms with van der Waals surface area (Å²) in [5.74, 6) is 0.395. The summed E-state index contributed by atoms with van der Waals surface area (Å²) in [5.41, 5.74) is 2.41. The summed E-state index contributed by atoms with van der Waals surface area (Å²) >= 11 is 0. The Labute approximate surface area is 146 Å². The normalized spacial score (nSPS) is 16.8. The summed E-state index contributed by atoms with van der Waals surface area (Å²) < 4.78 is 5.40. The lowest BCUT2D eigenvalue weighted by Gasteiger charge is -2.40. The number of carbonyl (C=O) groups is 2. The molecule has 1 N–H and O–H groups in total. The molecule has 0 saturated carbocycles. The minimum atomic E-state index is -0.459. The fraction of sp³-hybridized carbons (Fsp3) is 0.400. The van der Waals surface area contributed by atoms with Gasteiger partial charge in [0.25, 0.3) is 5.91 Å². The average molecular weight is 338 g/mol. The molecule has 2 aliphatic heterocycles. The number of carbonyl (C=O) groups excluding carboxylic acids is 2. The van der Waals surface area contributed by atoms with E-state index in [4.69, 9.17) is 4.74 Å². The Morgan fingerprint density at radius 1 is 1.24 bits per heavy atom. The molecule has 2 amide bonds. The second-order valence-corrected chi connectivity index (χ2v) is 7.91. The highest BCUT2D eigenvalue weighted by atomic mass is 16.6. The summed E-state index contributed by atoms with van der Waals surface area (Å²) in [6.07, 6.45) is 0.659. The molecule has 0 radical (unpaired) electrons. The Hall–Kier alpha value is -2.56. The number of benzene rings is 2. The molecule has 5 heteroatoms. The number of nitrogens with one attached hydrogen (secondary N) is 1. The van der Waals surface area contributed by atoms with E-state index < -0.39 is 5.60 Å². The second-order valence-electron chi connectivity index (χ2n) is 7.91. The van der Waals surface area contributed by atoms with Crippen LogP contribution in [0.1, 0.15) is 36.7 Å². The molecule has 0 aromatic heterocycles. The van der Waals surface area contributed by atoms with E-state index in [0.29, 0.717) is 5.92 Å². The molecule has 0 spiro atoms. The highest BCUT2D eigenvalue weighted by Crippen LogP contribution is 2.36. The van der Waals surface area contributed by atoms with Gasteiger partial charge in [-0.2, -0.15) is 0 Å². The number of rotatable bonds is 2. The van der Waals surface area contributed by atoms with Crippen LogP contribution in [0.4, 0.5) is 10.5 Å². The molecule has 2 aliphatic rings. The fourth-order valence-corrected chi connectivity index (χ4v) is 3.61. The van der Waals surface area contributed by atoms with Crippen LogP contribution in [0.5, 0.6) is 0 Å². The van der Waals surface area contributed by atoms with Crippen LogP contribution in [0.2, 0.25) is 0 Å². The van der Waals surface area contributed by atoms with E-state index in [1.165, 1.54) is 5.56 Å². The lowest BCUT2D eigenvalue weighted by Crippen LogP contribution is -2.52. The molecule has 1 saturated heterocycles. The monoisotopic (exact) mass is 338 g/mol. The molecular weight excluding hydrogens is 316 g/mol. The summed E-state index contributed by atoms with van der Waals surface area (Å²) in [6.45, 7) is 7.07. The molecule has 0 aliphatic carbocycles. The van der Waals surface area contributed by atoms with Crippen LogP contribution in [-0.4, -0.2) is 35.6 Å². The van der Waals surface area contributed by atoms with Gasteiger partial charge in [0.05, 0.1) is 0 Å². The number of nitrogens with zero attached hydrogens (tertiary/aromatic N) is 1. The third kappa shape index (κ3) is 2.84. The number of hydrogen-bond acceptors (Lipinski definition) is 3. The maximum absolute atomic E-state index is 12.0. The van der Waals surface area contributed by atoms with Gasteiger partial charge < -0.3 is 15.0 Å². The van der Waals surface area contributed by atoms with Gasteiger partial charge in [0.1, 0.15) is 5.60 Å². The zero-order chi connectivity index (χ0) is 17.8. The first-order valence-corrected chi connectivity index (χ1v) is 8.66. The lowest BCUT2D eigenvalue weighted by molar-refractivity contribution is -0.000841. The van der Waals surface area contributed by atoms with E-state index in [2.05, 4.69) is 11.4 Å². The van der Waals surface area contributed by atoms with Crippen LogP contribution in [0.25, 0.3) is 10.8 Å². The minimum absolute atomic E-state index is 0.0301. The molecule has 2 aromatic rings. The largest absolute Gasteiger partial charge is 0.444 e. The molecule has 5 nitrogen and oxygen atoms in total. The first-order valence-electron chi connectivity index (χ1n) is 8.66. The van der Waals surface area contributed by atoms with Crippen molar-refractivity contribution in [3.05, 3.63) is 41.5 Å². The number of ether oxygens (including phenoxy) is 1. The van der Waals surface area contributed by atoms with E-state index in [-0.39, 0.29) is 12.0 Å². The van der Waals surface area contributed by atoms with Gasteiger partial charge in [-0.15, -0.1) is 0 Å². The van der Waals surface area contributed by atoms with Gasteiger partial charge in [-0.05, 0) is 56.2 Å². The minimum Gasteiger partial charge on any atom is -0.444 e. The van der Waals surface area contributed by atoms with Crippen molar-refractivity contribution in [2.24, 2.45) is 5.92 Å². The van der Waals surface area contributed by atoms with Crippen molar-refractivity contribution in [3.63, 3.8) is 0 Å². The van der Waals surface area contributed by atoms with Crippen molar-refractivity contribution < 1.29 is 14.3 Å². The quantitative estimate of drug-likeness (QED) is 0.906. The van der Waals surface area contributed by atoms with Crippen LogP contribution in [0.15, 0.2) is 30.3 Å². The van der Waals surface area contributed by atoms with E-state index >= 15 is 0 Å². The number of amides is 2. The molecule has 2 heterocycles. The number of likely N-dealkylation sites (tertiary alicyclic amines) is 1. The Morgan fingerprint density at radius 2 is 2.00 bits per heavy atom. The molecule has 25 heavy (non-hydrogen) atoms. The molecule has 4 rings (SSSR count). The van der Waals surface area contributed by atoms with Crippen LogP contribution >= 0.6 is 0 Å². The molecule has 2 aromatic carbocycles. The van der Waals surface area contributed by atoms with Gasteiger partial charge in [-0.25, -0.2) is 4.79 Å². The van der Waals surface area contributed by atoms with Crippen molar-refractivity contribution in [2.75, 3.05) is 18.4 Å². The molecule has 0 atom stereocenters. The smallest absolute Gasteiger partial charge is 0.410 e. The Bertz CT molecular complexity index is 876. The van der Waals surface area contributed by atoms with E-state index in [9.17, 15) is 9.59 Å². The van der Waals surface area contributed by atoms with Crippen LogP contribution in [0, 0.1) is 5.92 Å². The van der Waals surface area contributed by atoms with Gasteiger partial charge in [0, 0.05) is 29.7 Å². The summed E-state index contributed by atoms with van der Waals surface area (Å²) in [5, 5.41) is 5.07. The van der Waals surface area contributed by atoms with Gasteiger partial charge in [-0.1, -0.05) is 18.2 Å². The SMILES string of the molecule is CC(C)(C)OC(=O)N1CC(Cc2ccc3c4c(cccc24)NC3=O)C1. The highest BCUT2D eigenvalue weighted by molar-refractivity contribution is 6.24. The Balaban J connectivity index is 1.48. The third-order valence-electron chi connectivity index (χ3n) is 4.74. The van der Waals surface area contributed by atoms with E-state index in [1.54, 1.807) is 4.90 Å². The fourth-order valence-electron chi connectivity index (χ4n) is 3.61. The standard InChI is InChI=1S/C20H22N2O3/c1-20(2,3)25-19(24)22-10-12(11-22)9-13-7-8-15-17-14(13)5-4-6-16(17)21-18(15)23/h4-8,12H,9-11H2,1-3H3,(H,21,23). The van der Waals surface area contributed by atoms with Crippen molar-refractivity contribution in [1.82, 2.24) is 4.90 Å². The zero-order valence-electron chi connectivity index (χ0n) is 14.8. The maximum Gasteiger partial charge on any atom is 0.410 e. The lowest BCUT2D eigenvalue weighted by atomic mass is 9.89. The number of anilines is 1. The molecular formula is C20H22N2O3. The van der Waals surface area contributed by atoms with Crippen LogP contribution in [-0.2, 0) is 11.2 Å². The Kier molecular flexibility index (Phi) is 3.49. The first kappa shape index (κ1) is 15.9.